The minimum Gasteiger partial charge on any atom is -0.342 e. The van der Waals surface area contributed by atoms with Crippen LogP contribution in [0.4, 0.5) is 5.82 Å². The molecule has 0 radical (unpaired) electrons. The molecule has 0 saturated heterocycles. The Bertz CT molecular complexity index is 432. The first kappa shape index (κ1) is 14.2. The predicted molar refractivity (Wildman–Crippen MR) is 70.4 cm³/mol. The third kappa shape index (κ3) is 4.16. The Morgan fingerprint density at radius 1 is 1.44 bits per heavy atom. The average molecular weight is 249 g/mol. The second-order valence-electron chi connectivity index (χ2n) is 4.19. The predicted octanol–water partition coefficient (Wildman–Crippen LogP) is 1.91. The van der Waals surface area contributed by atoms with Crippen LogP contribution in [0.3, 0.4) is 0 Å². The van der Waals surface area contributed by atoms with Crippen LogP contribution in [0.25, 0.3) is 0 Å². The number of carbonyl (C=O) groups excluding carboxylic acids is 2. The quantitative estimate of drug-likeness (QED) is 0.867. The molecule has 98 valence electrons. The van der Waals surface area contributed by atoms with Gasteiger partial charge in [-0.2, -0.15) is 0 Å². The summed E-state index contributed by atoms with van der Waals surface area (Å²) in [5.74, 6) is 0.140. The van der Waals surface area contributed by atoms with Crippen molar-refractivity contribution in [1.82, 2.24) is 9.88 Å². The molecule has 0 bridgehead atoms. The molecule has 1 aromatic rings. The van der Waals surface area contributed by atoms with Gasteiger partial charge in [-0.25, -0.2) is 4.98 Å². The molecule has 5 heteroatoms. The molecule has 0 unspecified atom stereocenters. The van der Waals surface area contributed by atoms with Gasteiger partial charge >= 0.3 is 0 Å². The molecule has 0 atom stereocenters. The molecule has 0 spiro atoms. The zero-order valence-electron chi connectivity index (χ0n) is 11.1. The first-order valence-electron chi connectivity index (χ1n) is 6.03. The van der Waals surface area contributed by atoms with Crippen molar-refractivity contribution in [2.75, 3.05) is 18.9 Å². The van der Waals surface area contributed by atoms with E-state index in [2.05, 4.69) is 17.2 Å². The number of aromatic nitrogens is 1. The van der Waals surface area contributed by atoms with Crippen LogP contribution in [0.5, 0.6) is 0 Å². The molecule has 0 aliphatic carbocycles. The number of nitrogens with one attached hydrogen (secondary N) is 1. The van der Waals surface area contributed by atoms with Crippen LogP contribution in [0.2, 0.25) is 0 Å². The van der Waals surface area contributed by atoms with Gasteiger partial charge in [0.1, 0.15) is 5.82 Å². The molecule has 1 aromatic heterocycles. The molecule has 0 saturated carbocycles. The lowest BCUT2D eigenvalue weighted by atomic mass is 10.2. The highest BCUT2D eigenvalue weighted by molar-refractivity contribution is 5.96. The monoisotopic (exact) mass is 249 g/mol. The molecule has 1 N–H and O–H groups in total. The van der Waals surface area contributed by atoms with Gasteiger partial charge in [0.05, 0.1) is 0 Å². The van der Waals surface area contributed by atoms with Gasteiger partial charge in [-0.15, -0.1) is 0 Å². The number of hydrogen-bond acceptors (Lipinski definition) is 3. The van der Waals surface area contributed by atoms with E-state index in [9.17, 15) is 9.59 Å². The van der Waals surface area contributed by atoms with Crippen molar-refractivity contribution in [3.63, 3.8) is 0 Å². The van der Waals surface area contributed by atoms with Crippen LogP contribution in [0.15, 0.2) is 18.3 Å². The smallest absolute Gasteiger partial charge is 0.253 e. The highest BCUT2D eigenvalue weighted by atomic mass is 16.2. The Labute approximate surface area is 107 Å². The van der Waals surface area contributed by atoms with Crippen molar-refractivity contribution in [2.45, 2.75) is 26.7 Å². The van der Waals surface area contributed by atoms with E-state index in [1.807, 2.05) is 0 Å². The molecular formula is C13H19N3O2. The van der Waals surface area contributed by atoms with Crippen LogP contribution in [-0.4, -0.2) is 35.3 Å². The number of anilines is 1. The highest BCUT2D eigenvalue weighted by Gasteiger charge is 2.12. The van der Waals surface area contributed by atoms with E-state index in [1.54, 1.807) is 24.1 Å². The standard InChI is InChI=1S/C13H19N3O2/c1-4-5-8-16(3)13(18)11-6-7-14-12(9-11)15-10(2)17/h6-7,9H,4-5,8H2,1-3H3,(H,14,15,17). The van der Waals surface area contributed by atoms with Crippen LogP contribution in [0.1, 0.15) is 37.0 Å². The highest BCUT2D eigenvalue weighted by Crippen LogP contribution is 2.09. The van der Waals surface area contributed by atoms with Crippen molar-refractivity contribution in [1.29, 1.82) is 0 Å². The fourth-order valence-electron chi connectivity index (χ4n) is 1.53. The van der Waals surface area contributed by atoms with Crippen LogP contribution < -0.4 is 5.32 Å². The van der Waals surface area contributed by atoms with E-state index in [0.29, 0.717) is 11.4 Å². The zero-order chi connectivity index (χ0) is 13.5. The van der Waals surface area contributed by atoms with Crippen LogP contribution in [-0.2, 0) is 4.79 Å². The van der Waals surface area contributed by atoms with Crippen molar-refractivity contribution < 1.29 is 9.59 Å². The van der Waals surface area contributed by atoms with Crippen molar-refractivity contribution in [3.05, 3.63) is 23.9 Å². The number of carbonyl (C=O) groups is 2. The third-order valence-corrected chi connectivity index (χ3v) is 2.50. The molecule has 2 amide bonds. The molecule has 1 heterocycles. The Morgan fingerprint density at radius 2 is 2.17 bits per heavy atom. The Hall–Kier alpha value is -1.91. The van der Waals surface area contributed by atoms with Crippen molar-refractivity contribution in [2.24, 2.45) is 0 Å². The lowest BCUT2D eigenvalue weighted by Gasteiger charge is -2.16. The molecule has 0 aliphatic heterocycles. The fraction of sp³-hybridized carbons (Fsp3) is 0.462. The number of amides is 2. The van der Waals surface area contributed by atoms with E-state index >= 15 is 0 Å². The largest absolute Gasteiger partial charge is 0.342 e. The van der Waals surface area contributed by atoms with E-state index in [1.165, 1.54) is 13.1 Å². The van der Waals surface area contributed by atoms with Gasteiger partial charge in [-0.05, 0) is 18.6 Å². The third-order valence-electron chi connectivity index (χ3n) is 2.50. The van der Waals surface area contributed by atoms with Gasteiger partial charge in [0, 0.05) is 32.3 Å². The lowest BCUT2D eigenvalue weighted by Crippen LogP contribution is -2.27. The molecule has 5 nitrogen and oxygen atoms in total. The summed E-state index contributed by atoms with van der Waals surface area (Å²) < 4.78 is 0. The van der Waals surface area contributed by atoms with Gasteiger partial charge in [-0.1, -0.05) is 13.3 Å². The zero-order valence-corrected chi connectivity index (χ0v) is 11.1. The van der Waals surface area contributed by atoms with Gasteiger partial charge in [-0.3, -0.25) is 9.59 Å². The first-order valence-corrected chi connectivity index (χ1v) is 6.03. The Balaban J connectivity index is 2.76. The Kier molecular flexibility index (Phi) is 5.30. The number of rotatable bonds is 5. The summed E-state index contributed by atoms with van der Waals surface area (Å²) in [7, 11) is 1.77. The first-order chi connectivity index (χ1) is 8.54. The van der Waals surface area contributed by atoms with Gasteiger partial charge in [0.2, 0.25) is 5.91 Å². The van der Waals surface area contributed by atoms with E-state index < -0.39 is 0 Å². The van der Waals surface area contributed by atoms with Crippen LogP contribution in [0, 0.1) is 0 Å². The molecule has 0 aliphatic rings. The van der Waals surface area contributed by atoms with E-state index in [0.717, 1.165) is 19.4 Å². The average Bonchev–Trinajstić information content (AvgIpc) is 2.34. The topological polar surface area (TPSA) is 62.3 Å². The maximum atomic E-state index is 12.1. The SMILES string of the molecule is CCCCN(C)C(=O)c1ccnc(NC(C)=O)c1. The molecule has 0 fully saturated rings. The number of unbranched alkanes of at least 4 members (excludes halogenated alkanes) is 1. The maximum absolute atomic E-state index is 12.1. The summed E-state index contributed by atoms with van der Waals surface area (Å²) in [4.78, 5) is 28.7. The molecule has 1 rings (SSSR count). The van der Waals surface area contributed by atoms with Gasteiger partial charge in [0.15, 0.2) is 0 Å². The Morgan fingerprint density at radius 3 is 2.78 bits per heavy atom. The fourth-order valence-corrected chi connectivity index (χ4v) is 1.53. The molecule has 18 heavy (non-hydrogen) atoms. The number of pyridine rings is 1. The molecular weight excluding hydrogens is 230 g/mol. The number of hydrogen-bond donors (Lipinski definition) is 1. The van der Waals surface area contributed by atoms with Crippen LogP contribution >= 0.6 is 0 Å². The summed E-state index contributed by atoms with van der Waals surface area (Å²) in [6.07, 6.45) is 3.54. The van der Waals surface area contributed by atoms with E-state index in [-0.39, 0.29) is 11.8 Å². The maximum Gasteiger partial charge on any atom is 0.253 e. The van der Waals surface area contributed by atoms with Crippen molar-refractivity contribution in [3.8, 4) is 0 Å². The second kappa shape index (κ2) is 6.74. The summed E-state index contributed by atoms with van der Waals surface area (Å²) >= 11 is 0. The molecule has 0 aromatic carbocycles. The van der Waals surface area contributed by atoms with Crippen molar-refractivity contribution >= 4 is 17.6 Å². The van der Waals surface area contributed by atoms with Gasteiger partial charge < -0.3 is 10.2 Å². The number of nitrogens with zero attached hydrogens (tertiary/aromatic N) is 2. The summed E-state index contributed by atoms with van der Waals surface area (Å²) in [6, 6.07) is 3.24. The summed E-state index contributed by atoms with van der Waals surface area (Å²) in [5, 5.41) is 2.56. The second-order valence-corrected chi connectivity index (χ2v) is 4.19. The summed E-state index contributed by atoms with van der Waals surface area (Å²) in [5.41, 5.74) is 0.535. The summed E-state index contributed by atoms with van der Waals surface area (Å²) in [6.45, 7) is 4.22. The normalized spacial score (nSPS) is 9.94. The minimum atomic E-state index is -0.202. The van der Waals surface area contributed by atoms with E-state index in [4.69, 9.17) is 0 Å². The lowest BCUT2D eigenvalue weighted by molar-refractivity contribution is -0.114. The van der Waals surface area contributed by atoms with Gasteiger partial charge in [0.25, 0.3) is 5.91 Å². The minimum absolute atomic E-state index is 0.0579.